The molecule has 156 valence electrons. The van der Waals surface area contributed by atoms with Gasteiger partial charge in [-0.05, 0) is 41.5 Å². The van der Waals surface area contributed by atoms with Crippen LogP contribution in [0.5, 0.6) is 0 Å². The Morgan fingerprint density at radius 1 is 1.30 bits per heavy atom. The van der Waals surface area contributed by atoms with Crippen molar-refractivity contribution in [2.24, 2.45) is 0 Å². The van der Waals surface area contributed by atoms with E-state index in [1.807, 2.05) is 12.1 Å². The monoisotopic (exact) mass is 469 g/mol. The summed E-state index contributed by atoms with van der Waals surface area (Å²) in [5.74, 6) is -0.338. The topological polar surface area (TPSA) is 98.2 Å². The van der Waals surface area contributed by atoms with Gasteiger partial charge < -0.3 is 20.9 Å². The zero-order valence-electron chi connectivity index (χ0n) is 17.1. The van der Waals surface area contributed by atoms with Crippen molar-refractivity contribution in [2.45, 2.75) is 13.5 Å². The zero-order valence-corrected chi connectivity index (χ0v) is 18.7. The molecule has 0 aliphatic carbocycles. The molecule has 0 aliphatic heterocycles. The maximum atomic E-state index is 12.4. The van der Waals surface area contributed by atoms with E-state index in [-0.39, 0.29) is 11.8 Å². The van der Waals surface area contributed by atoms with Crippen LogP contribution in [-0.4, -0.2) is 42.0 Å². The first-order chi connectivity index (χ1) is 14.3. The molecule has 0 radical (unpaired) electrons. The molecule has 0 atom stereocenters. The Labute approximate surface area is 184 Å². The van der Waals surface area contributed by atoms with Crippen LogP contribution in [0.3, 0.4) is 0 Å². The Morgan fingerprint density at radius 2 is 2.07 bits per heavy atom. The number of hydrogen-bond acceptors (Lipinski definition) is 5. The van der Waals surface area contributed by atoms with Crippen molar-refractivity contribution < 1.29 is 9.59 Å². The highest BCUT2D eigenvalue weighted by molar-refractivity contribution is 9.10. The smallest absolute Gasteiger partial charge is 0.248 e. The lowest BCUT2D eigenvalue weighted by molar-refractivity contribution is -0.128. The van der Waals surface area contributed by atoms with Crippen LogP contribution in [0.4, 0.5) is 5.69 Å². The lowest BCUT2D eigenvalue weighted by Gasteiger charge is -2.16. The number of pyridine rings is 1. The Bertz CT molecular complexity index is 1000. The largest absolute Gasteiger partial charge is 0.393 e. The second-order valence-electron chi connectivity index (χ2n) is 6.50. The molecular formula is C22H24BrN5O2. The molecular weight excluding hydrogens is 446 g/mol. The Hall–Kier alpha value is -3.26. The van der Waals surface area contributed by atoms with Crippen LogP contribution in [0.25, 0.3) is 11.6 Å². The van der Waals surface area contributed by atoms with Crippen LogP contribution in [0.15, 0.2) is 53.4 Å². The number of allylic oxidation sites excluding steroid dienone is 1. The van der Waals surface area contributed by atoms with Gasteiger partial charge in [0, 0.05) is 79.7 Å². The first-order valence-electron chi connectivity index (χ1n) is 9.17. The number of nitrogens with one attached hydrogen (secondary N) is 3. The molecule has 8 heteroatoms. The van der Waals surface area contributed by atoms with Gasteiger partial charge in [-0.15, -0.1) is 0 Å². The fraction of sp³-hybridized carbons (Fsp3) is 0.182. The second-order valence-corrected chi connectivity index (χ2v) is 7.35. The highest BCUT2D eigenvalue weighted by atomic mass is 79.9. The van der Waals surface area contributed by atoms with Gasteiger partial charge >= 0.3 is 0 Å². The highest BCUT2D eigenvalue weighted by Crippen LogP contribution is 2.23. The van der Waals surface area contributed by atoms with Crippen LogP contribution >= 0.6 is 15.9 Å². The summed E-state index contributed by atoms with van der Waals surface area (Å²) in [7, 11) is 3.48. The summed E-state index contributed by atoms with van der Waals surface area (Å²) in [5, 5.41) is 13.3. The molecule has 7 nitrogen and oxygen atoms in total. The third kappa shape index (κ3) is 6.38. The number of hydrogen-bond donors (Lipinski definition) is 3. The van der Waals surface area contributed by atoms with E-state index >= 15 is 0 Å². The van der Waals surface area contributed by atoms with Crippen LogP contribution in [0.2, 0.25) is 0 Å². The maximum Gasteiger partial charge on any atom is 0.248 e. The number of anilines is 1. The second kappa shape index (κ2) is 11.1. The number of carbonyl (C=O) groups excluding carboxylic acids is 2. The minimum Gasteiger partial charge on any atom is -0.393 e. The number of carbonyl (C=O) groups is 2. The summed E-state index contributed by atoms with van der Waals surface area (Å²) in [4.78, 5) is 29.6. The molecule has 2 aromatic rings. The molecule has 0 bridgehead atoms. The van der Waals surface area contributed by atoms with Crippen LogP contribution < -0.4 is 10.6 Å². The van der Waals surface area contributed by atoms with Crippen molar-refractivity contribution in [3.63, 3.8) is 0 Å². The van der Waals surface area contributed by atoms with E-state index in [9.17, 15) is 9.59 Å². The lowest BCUT2D eigenvalue weighted by Crippen LogP contribution is -2.23. The summed E-state index contributed by atoms with van der Waals surface area (Å²) in [6.45, 7) is 1.94. The van der Waals surface area contributed by atoms with Crippen molar-refractivity contribution in [1.29, 1.82) is 5.41 Å². The predicted molar refractivity (Wildman–Crippen MR) is 124 cm³/mol. The Morgan fingerprint density at radius 3 is 2.73 bits per heavy atom. The summed E-state index contributed by atoms with van der Waals surface area (Å²) in [6, 6.07) is 7.23. The molecule has 0 fully saturated rings. The predicted octanol–water partition coefficient (Wildman–Crippen LogP) is 3.68. The summed E-state index contributed by atoms with van der Waals surface area (Å²) >= 11 is 3.48. The number of aromatic nitrogens is 1. The van der Waals surface area contributed by atoms with Gasteiger partial charge in [-0.3, -0.25) is 14.6 Å². The third-order valence-electron chi connectivity index (χ3n) is 4.29. The number of amides is 2. The molecule has 1 aromatic carbocycles. The van der Waals surface area contributed by atoms with Gasteiger partial charge in [-0.2, -0.15) is 0 Å². The van der Waals surface area contributed by atoms with Gasteiger partial charge in [-0.1, -0.05) is 15.9 Å². The van der Waals surface area contributed by atoms with Crippen molar-refractivity contribution in [2.75, 3.05) is 19.4 Å². The number of rotatable bonds is 8. The first kappa shape index (κ1) is 23.0. The quantitative estimate of drug-likeness (QED) is 0.405. The van der Waals surface area contributed by atoms with Gasteiger partial charge in [-0.25, -0.2) is 0 Å². The molecule has 1 heterocycles. The Kier molecular flexibility index (Phi) is 8.49. The Balaban J connectivity index is 2.17. The molecule has 1 aromatic heterocycles. The van der Waals surface area contributed by atoms with Gasteiger partial charge in [0.15, 0.2) is 0 Å². The highest BCUT2D eigenvalue weighted by Gasteiger charge is 2.09. The van der Waals surface area contributed by atoms with E-state index in [4.69, 9.17) is 5.41 Å². The number of benzene rings is 1. The van der Waals surface area contributed by atoms with E-state index in [1.165, 1.54) is 19.2 Å². The van der Waals surface area contributed by atoms with E-state index in [0.717, 1.165) is 21.2 Å². The van der Waals surface area contributed by atoms with Crippen LogP contribution in [0, 0.1) is 5.41 Å². The fourth-order valence-electron chi connectivity index (χ4n) is 2.64. The van der Waals surface area contributed by atoms with Gasteiger partial charge in [0.2, 0.25) is 11.8 Å². The zero-order chi connectivity index (χ0) is 22.1. The summed E-state index contributed by atoms with van der Waals surface area (Å²) < 4.78 is 0.861. The van der Waals surface area contributed by atoms with E-state index in [2.05, 4.69) is 31.5 Å². The van der Waals surface area contributed by atoms with Crippen molar-refractivity contribution in [3.8, 4) is 0 Å². The first-order valence-corrected chi connectivity index (χ1v) is 9.96. The molecule has 3 N–H and O–H groups in total. The van der Waals surface area contributed by atoms with Crippen molar-refractivity contribution >= 4 is 51.3 Å². The lowest BCUT2D eigenvalue weighted by atomic mass is 10.0. The average molecular weight is 470 g/mol. The molecule has 0 spiro atoms. The van der Waals surface area contributed by atoms with Gasteiger partial charge in [0.25, 0.3) is 0 Å². The van der Waals surface area contributed by atoms with Gasteiger partial charge in [0.05, 0.1) is 0 Å². The SMILES string of the molecule is CN/C=C(\C=N)c1ccncc1/C=C/C(=O)Nc1ccc(Br)c(CN(C)C(C)=O)c1. The normalized spacial score (nSPS) is 11.3. The molecule has 2 amide bonds. The summed E-state index contributed by atoms with van der Waals surface area (Å²) in [6.07, 6.45) is 9.31. The standard InChI is InChI=1S/C22H24BrN5O2/c1-15(29)28(3)14-17-10-19(5-6-21(17)23)27-22(30)7-4-16-13-26-9-8-20(16)18(11-24)12-25-2/h4-13,24-25H,14H2,1-3H3,(H,27,30)/b7-4+,18-12+,24-11?. The minimum absolute atomic E-state index is 0.0387. The molecule has 0 saturated heterocycles. The molecule has 2 rings (SSSR count). The number of halogens is 1. The maximum absolute atomic E-state index is 12.4. The van der Waals surface area contributed by atoms with Crippen LogP contribution in [0.1, 0.15) is 23.6 Å². The molecule has 30 heavy (non-hydrogen) atoms. The minimum atomic E-state index is -0.299. The van der Waals surface area contributed by atoms with Crippen molar-refractivity contribution in [3.05, 3.63) is 70.1 Å². The van der Waals surface area contributed by atoms with E-state index in [0.29, 0.717) is 17.8 Å². The van der Waals surface area contributed by atoms with Crippen LogP contribution in [-0.2, 0) is 16.1 Å². The van der Waals surface area contributed by atoms with E-state index < -0.39 is 0 Å². The molecule has 0 unspecified atom stereocenters. The van der Waals surface area contributed by atoms with Crippen molar-refractivity contribution in [1.82, 2.24) is 15.2 Å². The third-order valence-corrected chi connectivity index (χ3v) is 5.06. The fourth-order valence-corrected chi connectivity index (χ4v) is 3.02. The molecule has 0 aliphatic rings. The van der Waals surface area contributed by atoms with Gasteiger partial charge in [0.1, 0.15) is 0 Å². The molecule has 0 saturated carbocycles. The summed E-state index contributed by atoms with van der Waals surface area (Å²) in [5.41, 5.74) is 3.69. The average Bonchev–Trinajstić information content (AvgIpc) is 2.73. The number of nitrogens with zero attached hydrogens (tertiary/aromatic N) is 2. The van der Waals surface area contributed by atoms with E-state index in [1.54, 1.807) is 55.8 Å².